The summed E-state index contributed by atoms with van der Waals surface area (Å²) in [5.74, 6) is 2.17. The van der Waals surface area contributed by atoms with Crippen LogP contribution < -0.4 is 10.5 Å². The molecule has 6 nitrogen and oxygen atoms in total. The first-order valence-electron chi connectivity index (χ1n) is 13.3. The van der Waals surface area contributed by atoms with Gasteiger partial charge in [-0.1, -0.05) is 49.4 Å². The summed E-state index contributed by atoms with van der Waals surface area (Å²) >= 11 is 0. The highest BCUT2D eigenvalue weighted by atomic mass is 16.5. The SMILES string of the molecule is CCc1c(-c2cccc(OCc3ccccc3)c2)c2c(N)ncnc2n1C1CC(CN2CCCC2)C1. The third-order valence-electron chi connectivity index (χ3n) is 7.91. The second-order valence-corrected chi connectivity index (χ2v) is 10.3. The minimum Gasteiger partial charge on any atom is -0.489 e. The maximum atomic E-state index is 6.50. The maximum absolute atomic E-state index is 6.50. The van der Waals surface area contributed by atoms with Crippen molar-refractivity contribution in [2.75, 3.05) is 25.4 Å². The number of nitrogen functional groups attached to an aromatic ring is 1. The quantitative estimate of drug-likeness (QED) is 0.341. The van der Waals surface area contributed by atoms with Gasteiger partial charge in [0.25, 0.3) is 0 Å². The van der Waals surface area contributed by atoms with Crippen molar-refractivity contribution >= 4 is 16.9 Å². The minimum absolute atomic E-state index is 0.468. The molecule has 2 aromatic heterocycles. The monoisotopic (exact) mass is 481 g/mol. The number of hydrogen-bond acceptors (Lipinski definition) is 5. The van der Waals surface area contributed by atoms with Crippen molar-refractivity contribution in [2.24, 2.45) is 5.92 Å². The maximum Gasteiger partial charge on any atom is 0.146 e. The molecule has 1 saturated heterocycles. The van der Waals surface area contributed by atoms with Crippen LogP contribution in [0.3, 0.4) is 0 Å². The minimum atomic E-state index is 0.468. The number of benzene rings is 2. The van der Waals surface area contributed by atoms with E-state index < -0.39 is 0 Å². The van der Waals surface area contributed by atoms with Crippen molar-refractivity contribution in [3.8, 4) is 16.9 Å². The number of hydrogen-bond donors (Lipinski definition) is 1. The second kappa shape index (κ2) is 9.94. The first-order chi connectivity index (χ1) is 17.7. The van der Waals surface area contributed by atoms with Crippen LogP contribution in [0.25, 0.3) is 22.2 Å². The standard InChI is InChI=1S/C30H35N5O/c1-2-26-27(23-11-8-12-25(17-23)36-19-21-9-4-3-5-10-21)28-29(31)32-20-33-30(28)35(26)24-15-22(16-24)18-34-13-6-7-14-34/h3-5,8-12,17,20,22,24H,2,6-7,13-16,18-19H2,1H3,(H2,31,32,33). The molecule has 4 aromatic rings. The molecular formula is C30H35N5O. The molecule has 186 valence electrons. The van der Waals surface area contributed by atoms with Crippen LogP contribution in [-0.4, -0.2) is 39.1 Å². The van der Waals surface area contributed by atoms with Crippen LogP contribution in [-0.2, 0) is 13.0 Å². The topological polar surface area (TPSA) is 69.2 Å². The van der Waals surface area contributed by atoms with E-state index in [0.717, 1.165) is 45.8 Å². The molecule has 0 atom stereocenters. The Bertz CT molecular complexity index is 1340. The molecule has 6 rings (SSSR count). The Hall–Kier alpha value is -3.38. The number of ether oxygens (including phenoxy) is 1. The molecule has 2 N–H and O–H groups in total. The third-order valence-corrected chi connectivity index (χ3v) is 7.91. The zero-order valence-corrected chi connectivity index (χ0v) is 21.1. The summed E-state index contributed by atoms with van der Waals surface area (Å²) in [6.45, 7) is 6.54. The van der Waals surface area contributed by atoms with Crippen molar-refractivity contribution in [1.82, 2.24) is 19.4 Å². The molecule has 1 aliphatic carbocycles. The van der Waals surface area contributed by atoms with Crippen LogP contribution in [0.1, 0.15) is 49.9 Å². The van der Waals surface area contributed by atoms with E-state index in [2.05, 4.69) is 51.7 Å². The van der Waals surface area contributed by atoms with E-state index in [9.17, 15) is 0 Å². The van der Waals surface area contributed by atoms with Gasteiger partial charge >= 0.3 is 0 Å². The van der Waals surface area contributed by atoms with E-state index in [1.165, 1.54) is 51.0 Å². The zero-order valence-electron chi connectivity index (χ0n) is 21.1. The summed E-state index contributed by atoms with van der Waals surface area (Å²) in [5, 5.41) is 0.970. The molecule has 2 fully saturated rings. The van der Waals surface area contributed by atoms with E-state index in [1.807, 2.05) is 24.3 Å². The summed E-state index contributed by atoms with van der Waals surface area (Å²) in [4.78, 5) is 11.8. The fourth-order valence-electron chi connectivity index (χ4n) is 6.13. The van der Waals surface area contributed by atoms with Crippen molar-refractivity contribution in [3.63, 3.8) is 0 Å². The lowest BCUT2D eigenvalue weighted by atomic mass is 9.79. The summed E-state index contributed by atoms with van der Waals surface area (Å²) in [6.07, 6.45) is 7.64. The molecule has 0 amide bonds. The van der Waals surface area contributed by atoms with E-state index in [1.54, 1.807) is 6.33 Å². The normalized spacial score (nSPS) is 20.0. The highest BCUT2D eigenvalue weighted by Crippen LogP contribution is 2.46. The van der Waals surface area contributed by atoms with Gasteiger partial charge in [-0.15, -0.1) is 0 Å². The summed E-state index contributed by atoms with van der Waals surface area (Å²) < 4.78 is 8.63. The highest BCUT2D eigenvalue weighted by molar-refractivity contribution is 6.02. The fraction of sp³-hybridized carbons (Fsp3) is 0.400. The van der Waals surface area contributed by atoms with Gasteiger partial charge in [0.1, 0.15) is 30.1 Å². The number of rotatable bonds is 8. The van der Waals surface area contributed by atoms with Gasteiger partial charge in [0, 0.05) is 23.8 Å². The van der Waals surface area contributed by atoms with Crippen LogP contribution in [0.15, 0.2) is 60.9 Å². The first kappa shape index (κ1) is 23.0. The Morgan fingerprint density at radius 1 is 1.00 bits per heavy atom. The van der Waals surface area contributed by atoms with Crippen molar-refractivity contribution in [1.29, 1.82) is 0 Å². The van der Waals surface area contributed by atoms with Crippen molar-refractivity contribution in [3.05, 3.63) is 72.2 Å². The Morgan fingerprint density at radius 2 is 1.81 bits per heavy atom. The average Bonchev–Trinajstić information content (AvgIpc) is 3.52. The largest absolute Gasteiger partial charge is 0.489 e. The molecule has 2 aliphatic rings. The highest BCUT2D eigenvalue weighted by Gasteiger charge is 2.35. The van der Waals surface area contributed by atoms with Gasteiger partial charge in [0.15, 0.2) is 0 Å². The van der Waals surface area contributed by atoms with Gasteiger partial charge in [0.2, 0.25) is 0 Å². The van der Waals surface area contributed by atoms with Gasteiger partial charge in [0.05, 0.1) is 5.39 Å². The van der Waals surface area contributed by atoms with Crippen LogP contribution in [0.2, 0.25) is 0 Å². The number of likely N-dealkylation sites (tertiary alicyclic amines) is 1. The lowest BCUT2D eigenvalue weighted by molar-refractivity contribution is 0.144. The Kier molecular flexibility index (Phi) is 6.36. The lowest BCUT2D eigenvalue weighted by Crippen LogP contribution is -2.36. The van der Waals surface area contributed by atoms with E-state index in [0.29, 0.717) is 18.5 Å². The number of nitrogens with zero attached hydrogens (tertiary/aromatic N) is 4. The molecule has 2 aromatic carbocycles. The number of fused-ring (bicyclic) bond motifs is 1. The van der Waals surface area contributed by atoms with Gasteiger partial charge in [-0.3, -0.25) is 0 Å². The summed E-state index contributed by atoms with van der Waals surface area (Å²) in [5.41, 5.74) is 12.2. The van der Waals surface area contributed by atoms with Crippen molar-refractivity contribution < 1.29 is 4.74 Å². The first-order valence-corrected chi connectivity index (χ1v) is 13.3. The number of anilines is 1. The van der Waals surface area contributed by atoms with E-state index >= 15 is 0 Å². The van der Waals surface area contributed by atoms with Gasteiger partial charge < -0.3 is 19.9 Å². The summed E-state index contributed by atoms with van der Waals surface area (Å²) in [7, 11) is 0. The summed E-state index contributed by atoms with van der Waals surface area (Å²) in [6, 6.07) is 19.1. The number of aromatic nitrogens is 3. The second-order valence-electron chi connectivity index (χ2n) is 10.3. The van der Waals surface area contributed by atoms with E-state index in [-0.39, 0.29) is 0 Å². The molecule has 0 bridgehead atoms. The van der Waals surface area contributed by atoms with Crippen LogP contribution in [0, 0.1) is 5.92 Å². The molecule has 0 unspecified atom stereocenters. The molecule has 0 spiro atoms. The molecule has 6 heteroatoms. The molecule has 1 aliphatic heterocycles. The number of nitrogens with two attached hydrogens (primary N) is 1. The third kappa shape index (κ3) is 4.35. The van der Waals surface area contributed by atoms with Crippen LogP contribution in [0.5, 0.6) is 5.75 Å². The van der Waals surface area contributed by atoms with Gasteiger partial charge in [-0.05, 0) is 74.4 Å². The van der Waals surface area contributed by atoms with Gasteiger partial charge in [-0.25, -0.2) is 9.97 Å². The average molecular weight is 482 g/mol. The Balaban J connectivity index is 1.32. The predicted molar refractivity (Wildman–Crippen MR) is 145 cm³/mol. The predicted octanol–water partition coefficient (Wildman–Crippen LogP) is 5.87. The smallest absolute Gasteiger partial charge is 0.146 e. The molecule has 0 radical (unpaired) electrons. The molecule has 3 heterocycles. The fourth-order valence-corrected chi connectivity index (χ4v) is 6.13. The van der Waals surface area contributed by atoms with Crippen LogP contribution in [0.4, 0.5) is 5.82 Å². The Labute approximate surface area is 213 Å². The molecule has 36 heavy (non-hydrogen) atoms. The van der Waals surface area contributed by atoms with Crippen LogP contribution >= 0.6 is 0 Å². The lowest BCUT2D eigenvalue weighted by Gasteiger charge is -2.39. The zero-order chi connectivity index (χ0) is 24.5. The molecule has 1 saturated carbocycles. The van der Waals surface area contributed by atoms with E-state index in [4.69, 9.17) is 15.5 Å². The molecular weight excluding hydrogens is 446 g/mol. The van der Waals surface area contributed by atoms with Crippen molar-refractivity contribution in [2.45, 2.75) is 51.7 Å². The Morgan fingerprint density at radius 3 is 2.58 bits per heavy atom. The van der Waals surface area contributed by atoms with Gasteiger partial charge in [-0.2, -0.15) is 0 Å².